The van der Waals surface area contributed by atoms with Crippen molar-refractivity contribution in [3.05, 3.63) is 0 Å². The van der Waals surface area contributed by atoms with Gasteiger partial charge in [-0.3, -0.25) is 4.79 Å². The quantitative estimate of drug-likeness (QED) is 0.824. The fraction of sp³-hybridized carbons (Fsp3) is 0.929. The van der Waals surface area contributed by atoms with Crippen molar-refractivity contribution in [2.45, 2.75) is 66.0 Å². The zero-order chi connectivity index (χ0) is 13.4. The Labute approximate surface area is 108 Å². The van der Waals surface area contributed by atoms with Crippen LogP contribution in [0.5, 0.6) is 0 Å². The fourth-order valence-corrected chi connectivity index (χ4v) is 2.22. The summed E-state index contributed by atoms with van der Waals surface area (Å²) in [5.74, 6) is 0.337. The van der Waals surface area contributed by atoms with Crippen molar-refractivity contribution >= 4 is 5.91 Å². The summed E-state index contributed by atoms with van der Waals surface area (Å²) in [6, 6.07) is 0.803. The number of hydrogen-bond acceptors (Lipinski definition) is 2. The maximum absolute atomic E-state index is 11.7. The second-order valence-electron chi connectivity index (χ2n) is 4.80. The zero-order valence-electron chi connectivity index (χ0n) is 12.4. The summed E-state index contributed by atoms with van der Waals surface area (Å²) in [6.45, 7) is 11.3. The summed E-state index contributed by atoms with van der Waals surface area (Å²) in [6.07, 6.45) is 3.38. The number of amides is 1. The van der Waals surface area contributed by atoms with Crippen molar-refractivity contribution in [2.24, 2.45) is 5.92 Å². The minimum Gasteiger partial charge on any atom is -0.352 e. The van der Waals surface area contributed by atoms with Crippen LogP contribution >= 0.6 is 0 Å². The number of likely N-dealkylation sites (tertiary alicyclic amines) is 1. The van der Waals surface area contributed by atoms with Gasteiger partial charge in [0.2, 0.25) is 5.91 Å². The Morgan fingerprint density at radius 2 is 2.06 bits per heavy atom. The predicted molar refractivity (Wildman–Crippen MR) is 76.2 cm³/mol. The molecule has 0 aromatic carbocycles. The number of nitrogens with one attached hydrogen (secondary N) is 1. The lowest BCUT2D eigenvalue weighted by atomic mass is 10.0. The highest BCUT2D eigenvalue weighted by atomic mass is 16.1. The van der Waals surface area contributed by atoms with Crippen LogP contribution in [-0.2, 0) is 4.79 Å². The maximum Gasteiger partial charge on any atom is 0.223 e. The Hall–Kier alpha value is -0.570. The van der Waals surface area contributed by atoms with Gasteiger partial charge in [-0.15, -0.1) is 0 Å². The van der Waals surface area contributed by atoms with E-state index >= 15 is 0 Å². The van der Waals surface area contributed by atoms with E-state index in [2.05, 4.69) is 31.1 Å². The summed E-state index contributed by atoms with van der Waals surface area (Å²) in [5.41, 5.74) is 0. The second-order valence-corrected chi connectivity index (χ2v) is 4.80. The smallest absolute Gasteiger partial charge is 0.223 e. The Morgan fingerprint density at radius 1 is 1.47 bits per heavy atom. The molecule has 0 bridgehead atoms. The van der Waals surface area contributed by atoms with Crippen LogP contribution in [0.25, 0.3) is 0 Å². The molecule has 104 valence electrons. The third-order valence-corrected chi connectivity index (χ3v) is 3.58. The highest BCUT2D eigenvalue weighted by Crippen LogP contribution is 2.18. The van der Waals surface area contributed by atoms with Crippen LogP contribution in [0.2, 0.25) is 0 Å². The number of hydrogen-bond donors (Lipinski definition) is 1. The Balaban J connectivity index is 0. The van der Waals surface area contributed by atoms with Crippen molar-refractivity contribution in [3.8, 4) is 0 Å². The molecule has 0 spiro atoms. The Morgan fingerprint density at radius 3 is 2.47 bits per heavy atom. The predicted octanol–water partition coefficient (Wildman–Crippen LogP) is 2.90. The van der Waals surface area contributed by atoms with E-state index in [1.165, 1.54) is 12.8 Å². The van der Waals surface area contributed by atoms with Gasteiger partial charge in [0.15, 0.2) is 0 Å². The molecule has 1 heterocycles. The molecule has 0 aromatic rings. The molecule has 1 saturated heterocycles. The highest BCUT2D eigenvalue weighted by Gasteiger charge is 2.27. The van der Waals surface area contributed by atoms with Crippen LogP contribution in [0.4, 0.5) is 0 Å². The molecular formula is C14H32N2O. The fourth-order valence-electron chi connectivity index (χ4n) is 2.22. The third kappa shape index (κ3) is 5.07. The zero-order valence-corrected chi connectivity index (χ0v) is 12.4. The topological polar surface area (TPSA) is 32.3 Å². The first-order valence-electron chi connectivity index (χ1n) is 7.06. The SMILES string of the molecule is CC.CCC(C)C(=O)N[C@H](C)[C@@H]1CCCN1C.[HH]. The van der Waals surface area contributed by atoms with E-state index in [9.17, 15) is 4.79 Å². The third-order valence-electron chi connectivity index (χ3n) is 3.58. The minimum absolute atomic E-state index is 0. The first-order valence-corrected chi connectivity index (χ1v) is 7.06. The van der Waals surface area contributed by atoms with Crippen LogP contribution in [0.15, 0.2) is 0 Å². The van der Waals surface area contributed by atoms with E-state index in [4.69, 9.17) is 0 Å². The first kappa shape index (κ1) is 16.4. The molecule has 1 amide bonds. The number of carbonyl (C=O) groups is 1. The maximum atomic E-state index is 11.7. The molecule has 1 unspecified atom stereocenters. The van der Waals surface area contributed by atoms with Crippen LogP contribution in [0.3, 0.4) is 0 Å². The molecule has 1 aliphatic heterocycles. The molecule has 0 radical (unpaired) electrons. The molecule has 1 N–H and O–H groups in total. The number of rotatable bonds is 4. The molecule has 1 rings (SSSR count). The van der Waals surface area contributed by atoms with E-state index < -0.39 is 0 Å². The largest absolute Gasteiger partial charge is 0.352 e. The van der Waals surface area contributed by atoms with E-state index in [1.54, 1.807) is 0 Å². The summed E-state index contributed by atoms with van der Waals surface area (Å²) < 4.78 is 0. The monoisotopic (exact) mass is 244 g/mol. The van der Waals surface area contributed by atoms with E-state index in [0.29, 0.717) is 6.04 Å². The number of carbonyl (C=O) groups excluding carboxylic acids is 1. The standard InChI is InChI=1S/C12H24N2O.C2H6.H2/c1-5-9(2)12(15)13-10(3)11-7-6-8-14(11)4;1-2;/h9-11H,5-8H2,1-4H3,(H,13,15);1-2H3;1H/t9?,10-,11+;;/m1../s1. The van der Waals surface area contributed by atoms with Gasteiger partial charge in [-0.25, -0.2) is 0 Å². The van der Waals surface area contributed by atoms with E-state index in [1.807, 2.05) is 20.8 Å². The Kier molecular flexibility index (Phi) is 8.23. The van der Waals surface area contributed by atoms with Gasteiger partial charge in [0.05, 0.1) is 0 Å². The average molecular weight is 244 g/mol. The molecule has 0 saturated carbocycles. The van der Waals surface area contributed by atoms with Crippen LogP contribution in [0, 0.1) is 5.92 Å². The summed E-state index contributed by atoms with van der Waals surface area (Å²) in [5, 5.41) is 3.12. The lowest BCUT2D eigenvalue weighted by molar-refractivity contribution is -0.125. The molecule has 1 fully saturated rings. The average Bonchev–Trinajstić information content (AvgIpc) is 2.76. The van der Waals surface area contributed by atoms with Crippen molar-refractivity contribution in [3.63, 3.8) is 0 Å². The Bertz CT molecular complexity index is 224. The van der Waals surface area contributed by atoms with Gasteiger partial charge in [-0.2, -0.15) is 0 Å². The molecular weight excluding hydrogens is 212 g/mol. The lowest BCUT2D eigenvalue weighted by Gasteiger charge is -2.27. The van der Waals surface area contributed by atoms with Crippen molar-refractivity contribution in [1.82, 2.24) is 10.2 Å². The molecule has 3 nitrogen and oxygen atoms in total. The molecule has 1 aliphatic rings. The highest BCUT2D eigenvalue weighted by molar-refractivity contribution is 5.78. The molecule has 0 aliphatic carbocycles. The van der Waals surface area contributed by atoms with Gasteiger partial charge in [0.25, 0.3) is 0 Å². The van der Waals surface area contributed by atoms with Crippen molar-refractivity contribution < 1.29 is 6.22 Å². The number of nitrogens with zero attached hydrogens (tertiary/aromatic N) is 1. The van der Waals surface area contributed by atoms with Crippen LogP contribution in [0.1, 0.15) is 55.3 Å². The first-order chi connectivity index (χ1) is 8.06. The van der Waals surface area contributed by atoms with Crippen molar-refractivity contribution in [1.29, 1.82) is 0 Å². The number of likely N-dealkylation sites (N-methyl/N-ethyl adjacent to an activating group) is 1. The normalized spacial score (nSPS) is 23.5. The molecule has 0 aromatic heterocycles. The van der Waals surface area contributed by atoms with Gasteiger partial charge in [0, 0.05) is 19.4 Å². The summed E-state index contributed by atoms with van der Waals surface area (Å²) >= 11 is 0. The minimum atomic E-state index is 0. The molecule has 3 heteroatoms. The van der Waals surface area contributed by atoms with Gasteiger partial charge in [0.1, 0.15) is 0 Å². The summed E-state index contributed by atoms with van der Waals surface area (Å²) in [4.78, 5) is 14.1. The van der Waals surface area contributed by atoms with Gasteiger partial charge >= 0.3 is 0 Å². The second kappa shape index (κ2) is 8.51. The van der Waals surface area contributed by atoms with E-state index in [0.717, 1.165) is 13.0 Å². The van der Waals surface area contributed by atoms with Gasteiger partial charge < -0.3 is 10.2 Å². The molecule has 17 heavy (non-hydrogen) atoms. The molecule has 3 atom stereocenters. The van der Waals surface area contributed by atoms with E-state index in [-0.39, 0.29) is 19.3 Å². The van der Waals surface area contributed by atoms with Crippen LogP contribution < -0.4 is 5.32 Å². The van der Waals surface area contributed by atoms with Gasteiger partial charge in [-0.1, -0.05) is 27.7 Å². The van der Waals surface area contributed by atoms with Crippen molar-refractivity contribution in [2.75, 3.05) is 13.6 Å². The van der Waals surface area contributed by atoms with Crippen LogP contribution in [-0.4, -0.2) is 36.5 Å². The summed E-state index contributed by atoms with van der Waals surface area (Å²) in [7, 11) is 2.14. The lowest BCUT2D eigenvalue weighted by Crippen LogP contribution is -2.47. The van der Waals surface area contributed by atoms with Gasteiger partial charge in [-0.05, 0) is 39.8 Å².